The summed E-state index contributed by atoms with van der Waals surface area (Å²) >= 11 is 1.41. The Labute approximate surface area is 250 Å². The fourth-order valence-corrected chi connectivity index (χ4v) is 5.21. The summed E-state index contributed by atoms with van der Waals surface area (Å²) in [6.07, 6.45) is 3.68. The predicted octanol–water partition coefficient (Wildman–Crippen LogP) is 6.72. The van der Waals surface area contributed by atoms with Crippen LogP contribution in [0.4, 0.5) is 0 Å². The summed E-state index contributed by atoms with van der Waals surface area (Å²) in [5.41, 5.74) is 5.31. The van der Waals surface area contributed by atoms with Crippen LogP contribution in [0.5, 0.6) is 17.2 Å². The third-order valence-electron chi connectivity index (χ3n) is 6.85. The van der Waals surface area contributed by atoms with E-state index < -0.39 is 0 Å². The molecule has 0 saturated heterocycles. The SMILES string of the molecule is C.CSC(Cc1ccc(OCc2nc3ccc(Oc4ccc(Cc5ccccc5)cc4)cc3n2C)cc1)C(=O)NC=O. The second-order valence-electron chi connectivity index (χ2n) is 9.63. The van der Waals surface area contributed by atoms with E-state index in [2.05, 4.69) is 41.7 Å². The van der Waals surface area contributed by atoms with Crippen LogP contribution in [0.25, 0.3) is 11.0 Å². The number of aromatic nitrogens is 2. The summed E-state index contributed by atoms with van der Waals surface area (Å²) in [5.74, 6) is 2.73. The maximum atomic E-state index is 12.0. The van der Waals surface area contributed by atoms with Crippen molar-refractivity contribution in [2.75, 3.05) is 6.26 Å². The largest absolute Gasteiger partial charge is 0.486 e. The van der Waals surface area contributed by atoms with Gasteiger partial charge in [0.25, 0.3) is 0 Å². The van der Waals surface area contributed by atoms with Crippen molar-refractivity contribution in [1.82, 2.24) is 14.9 Å². The quantitative estimate of drug-likeness (QED) is 0.165. The lowest BCUT2D eigenvalue weighted by Gasteiger charge is -2.13. The zero-order valence-corrected chi connectivity index (χ0v) is 23.8. The number of carbonyl (C=O) groups excluding carboxylic acids is 2. The molecule has 0 radical (unpaired) electrons. The number of aryl methyl sites for hydroxylation is 1. The van der Waals surface area contributed by atoms with Crippen LogP contribution in [0.2, 0.25) is 0 Å². The van der Waals surface area contributed by atoms with Gasteiger partial charge in [-0.2, -0.15) is 11.8 Å². The highest BCUT2D eigenvalue weighted by Gasteiger charge is 2.17. The molecule has 4 aromatic carbocycles. The van der Waals surface area contributed by atoms with Crippen LogP contribution in [0, 0.1) is 0 Å². The molecular weight excluding hydrogens is 546 g/mol. The fourth-order valence-electron chi connectivity index (χ4n) is 4.57. The highest BCUT2D eigenvalue weighted by molar-refractivity contribution is 7.99. The second kappa shape index (κ2) is 14.4. The molecule has 216 valence electrons. The molecule has 0 saturated carbocycles. The Hall–Kier alpha value is -4.56. The van der Waals surface area contributed by atoms with Gasteiger partial charge in [-0.05, 0) is 72.2 Å². The van der Waals surface area contributed by atoms with Crippen LogP contribution in [0.15, 0.2) is 97.1 Å². The molecule has 1 atom stereocenters. The number of hydrogen-bond acceptors (Lipinski definition) is 6. The lowest BCUT2D eigenvalue weighted by molar-refractivity contribution is -0.124. The molecular formula is C34H35N3O4S. The van der Waals surface area contributed by atoms with Crippen molar-refractivity contribution in [2.24, 2.45) is 7.05 Å². The molecule has 5 rings (SSSR count). The molecule has 0 aliphatic heterocycles. The van der Waals surface area contributed by atoms with Gasteiger partial charge < -0.3 is 14.0 Å². The maximum Gasteiger partial charge on any atom is 0.239 e. The second-order valence-corrected chi connectivity index (χ2v) is 10.7. The molecule has 2 amide bonds. The van der Waals surface area contributed by atoms with Gasteiger partial charge in [-0.1, -0.05) is 62.0 Å². The minimum absolute atomic E-state index is 0. The molecule has 1 unspecified atom stereocenters. The van der Waals surface area contributed by atoms with Crippen molar-refractivity contribution in [3.8, 4) is 17.2 Å². The molecule has 0 bridgehead atoms. The molecule has 0 aliphatic rings. The molecule has 0 spiro atoms. The van der Waals surface area contributed by atoms with E-state index in [4.69, 9.17) is 14.5 Å². The van der Waals surface area contributed by atoms with Gasteiger partial charge in [-0.25, -0.2) is 4.98 Å². The number of ether oxygens (including phenoxy) is 2. The number of carbonyl (C=O) groups is 2. The molecule has 0 aliphatic carbocycles. The van der Waals surface area contributed by atoms with Crippen molar-refractivity contribution >= 4 is 35.1 Å². The minimum atomic E-state index is -0.333. The normalized spacial score (nSPS) is 11.4. The molecule has 7 nitrogen and oxygen atoms in total. The van der Waals surface area contributed by atoms with Crippen LogP contribution >= 0.6 is 11.8 Å². The number of hydrogen-bond donors (Lipinski definition) is 1. The Morgan fingerprint density at radius 3 is 2.24 bits per heavy atom. The zero-order chi connectivity index (χ0) is 28.6. The van der Waals surface area contributed by atoms with Crippen molar-refractivity contribution in [3.63, 3.8) is 0 Å². The van der Waals surface area contributed by atoms with E-state index >= 15 is 0 Å². The monoisotopic (exact) mass is 581 g/mol. The standard InChI is InChI=1S/C33H31N3O4S.CH4/c1-36-30-20-28(40-27-14-10-24(11-15-27)18-23-6-4-3-5-7-23)16-17-29(30)35-32(36)21-39-26-12-8-25(9-13-26)19-31(41-2)33(38)34-22-37;/h3-17,20,22,31H,18-19,21H2,1-2H3,(H,34,37,38);1H4. The third kappa shape index (κ3) is 7.59. The molecule has 1 aromatic heterocycles. The Kier molecular flexibility index (Phi) is 10.4. The van der Waals surface area contributed by atoms with E-state index in [1.807, 2.05) is 78.5 Å². The predicted molar refractivity (Wildman–Crippen MR) is 169 cm³/mol. The first-order valence-corrected chi connectivity index (χ1v) is 14.6. The van der Waals surface area contributed by atoms with Gasteiger partial charge in [-0.15, -0.1) is 0 Å². The zero-order valence-electron chi connectivity index (χ0n) is 22.9. The molecule has 1 N–H and O–H groups in total. The number of rotatable bonds is 12. The van der Waals surface area contributed by atoms with E-state index in [-0.39, 0.29) is 18.6 Å². The van der Waals surface area contributed by atoms with Crippen molar-refractivity contribution in [1.29, 1.82) is 0 Å². The third-order valence-corrected chi connectivity index (χ3v) is 7.80. The lowest BCUT2D eigenvalue weighted by atomic mass is 10.1. The first-order valence-electron chi connectivity index (χ1n) is 13.3. The summed E-state index contributed by atoms with van der Waals surface area (Å²) < 4.78 is 14.2. The van der Waals surface area contributed by atoms with Gasteiger partial charge in [-0.3, -0.25) is 14.9 Å². The summed E-state index contributed by atoms with van der Waals surface area (Å²) in [7, 11) is 1.96. The van der Waals surface area contributed by atoms with E-state index in [0.717, 1.165) is 40.3 Å². The van der Waals surface area contributed by atoms with Gasteiger partial charge in [0.05, 0.1) is 16.3 Å². The lowest BCUT2D eigenvalue weighted by Crippen LogP contribution is -2.32. The minimum Gasteiger partial charge on any atom is -0.486 e. The topological polar surface area (TPSA) is 82.4 Å². The number of benzene rings is 4. The van der Waals surface area contributed by atoms with Crippen LogP contribution < -0.4 is 14.8 Å². The van der Waals surface area contributed by atoms with Gasteiger partial charge in [0.15, 0.2) is 0 Å². The molecule has 42 heavy (non-hydrogen) atoms. The number of fused-ring (bicyclic) bond motifs is 1. The average molecular weight is 582 g/mol. The van der Waals surface area contributed by atoms with Crippen molar-refractivity contribution in [3.05, 3.63) is 120 Å². The summed E-state index contributed by atoms with van der Waals surface area (Å²) in [5, 5.41) is 1.89. The molecule has 8 heteroatoms. The smallest absolute Gasteiger partial charge is 0.239 e. The van der Waals surface area contributed by atoms with E-state index in [1.54, 1.807) is 0 Å². The first-order chi connectivity index (χ1) is 20.0. The number of nitrogens with zero attached hydrogens (tertiary/aromatic N) is 2. The van der Waals surface area contributed by atoms with Crippen molar-refractivity contribution in [2.45, 2.75) is 32.1 Å². The maximum absolute atomic E-state index is 12.0. The number of imidazole rings is 1. The van der Waals surface area contributed by atoms with Crippen molar-refractivity contribution < 1.29 is 19.1 Å². The number of thioether (sulfide) groups is 1. The number of imide groups is 1. The van der Waals surface area contributed by atoms with Crippen LogP contribution in [-0.2, 0) is 36.1 Å². The summed E-state index contributed by atoms with van der Waals surface area (Å²) in [6, 6.07) is 32.1. The Morgan fingerprint density at radius 2 is 1.55 bits per heavy atom. The fraction of sp³-hybridized carbons (Fsp3) is 0.206. The van der Waals surface area contributed by atoms with E-state index in [1.165, 1.54) is 22.9 Å². The van der Waals surface area contributed by atoms with E-state index in [9.17, 15) is 9.59 Å². The Bertz CT molecular complexity index is 1620. The number of amides is 2. The van der Waals surface area contributed by atoms with E-state index in [0.29, 0.717) is 25.2 Å². The average Bonchev–Trinajstić information content (AvgIpc) is 3.31. The van der Waals surface area contributed by atoms with Crippen LogP contribution in [0.1, 0.15) is 29.9 Å². The van der Waals surface area contributed by atoms with Gasteiger partial charge >= 0.3 is 0 Å². The van der Waals surface area contributed by atoms with Crippen LogP contribution in [0.3, 0.4) is 0 Å². The molecule has 0 fully saturated rings. The molecule has 5 aromatic rings. The van der Waals surface area contributed by atoms with Crippen LogP contribution in [-0.4, -0.2) is 33.4 Å². The summed E-state index contributed by atoms with van der Waals surface area (Å²) in [6.45, 7) is 0.304. The Morgan fingerprint density at radius 1 is 0.905 bits per heavy atom. The highest BCUT2D eigenvalue weighted by Crippen LogP contribution is 2.27. The Balaban J connectivity index is 0.00000405. The molecule has 1 heterocycles. The van der Waals surface area contributed by atoms with Gasteiger partial charge in [0.2, 0.25) is 12.3 Å². The number of nitrogens with one attached hydrogen (secondary N) is 1. The van der Waals surface area contributed by atoms with Gasteiger partial charge in [0, 0.05) is 13.1 Å². The first kappa shape index (κ1) is 30.4. The van der Waals surface area contributed by atoms with Gasteiger partial charge in [0.1, 0.15) is 29.7 Å². The summed E-state index contributed by atoms with van der Waals surface area (Å²) in [4.78, 5) is 27.3. The highest BCUT2D eigenvalue weighted by atomic mass is 32.2.